The summed E-state index contributed by atoms with van der Waals surface area (Å²) < 4.78 is 11.0. The number of para-hydroxylation sites is 2. The highest BCUT2D eigenvalue weighted by Crippen LogP contribution is 2.44. The molecule has 3 heterocycles. The zero-order chi connectivity index (χ0) is 27.1. The number of hydrogen-bond donors (Lipinski definition) is 0. The van der Waals surface area contributed by atoms with Gasteiger partial charge in [-0.25, -0.2) is 0 Å². The summed E-state index contributed by atoms with van der Waals surface area (Å²) in [4.78, 5) is 0. The van der Waals surface area contributed by atoms with E-state index in [9.17, 15) is 5.26 Å². The summed E-state index contributed by atoms with van der Waals surface area (Å²) in [7, 11) is 0. The number of thiophene rings is 1. The quantitative estimate of drug-likeness (QED) is 0.219. The van der Waals surface area contributed by atoms with Crippen LogP contribution in [0.15, 0.2) is 126 Å². The smallest absolute Gasteiger partial charge is 0.136 e. The molecule has 0 radical (unpaired) electrons. The molecule has 0 fully saturated rings. The minimum Gasteiger partial charge on any atom is -0.456 e. The topological polar surface area (TPSA) is 41.9 Å². The molecule has 0 aliphatic rings. The van der Waals surface area contributed by atoms with Crippen molar-refractivity contribution in [1.29, 1.82) is 5.26 Å². The number of hydrogen-bond acceptors (Lipinski definition) is 3. The van der Waals surface area contributed by atoms with Crippen LogP contribution in [0.2, 0.25) is 0 Å². The normalized spacial score (nSPS) is 11.9. The molecule has 190 valence electrons. The Labute approximate surface area is 238 Å². The van der Waals surface area contributed by atoms with Gasteiger partial charge in [0.15, 0.2) is 0 Å². The molecule has 0 amide bonds. The van der Waals surface area contributed by atoms with Crippen molar-refractivity contribution < 1.29 is 4.42 Å². The van der Waals surface area contributed by atoms with E-state index in [4.69, 9.17) is 4.42 Å². The maximum Gasteiger partial charge on any atom is 0.136 e. The van der Waals surface area contributed by atoms with Gasteiger partial charge in [-0.2, -0.15) is 5.26 Å². The van der Waals surface area contributed by atoms with Gasteiger partial charge < -0.3 is 8.98 Å². The summed E-state index contributed by atoms with van der Waals surface area (Å²) in [5, 5.41) is 16.8. The molecule has 0 N–H and O–H groups in total. The lowest BCUT2D eigenvalue weighted by Gasteiger charge is -2.10. The average molecular weight is 541 g/mol. The molecular formula is C37H20N2OS. The van der Waals surface area contributed by atoms with Gasteiger partial charge in [-0.05, 0) is 59.7 Å². The highest BCUT2D eigenvalue weighted by Gasteiger charge is 2.19. The van der Waals surface area contributed by atoms with Gasteiger partial charge >= 0.3 is 0 Å². The molecule has 6 aromatic carbocycles. The lowest BCUT2D eigenvalue weighted by atomic mass is 9.98. The third-order valence-corrected chi connectivity index (χ3v) is 9.43. The fourth-order valence-electron chi connectivity index (χ4n) is 6.44. The van der Waals surface area contributed by atoms with E-state index in [0.717, 1.165) is 49.6 Å². The molecule has 0 bridgehead atoms. The number of fused-ring (bicyclic) bond motifs is 9. The summed E-state index contributed by atoms with van der Waals surface area (Å²) in [5.74, 6) is 0. The van der Waals surface area contributed by atoms with E-state index in [-0.39, 0.29) is 0 Å². The van der Waals surface area contributed by atoms with Crippen molar-refractivity contribution >= 4 is 75.3 Å². The predicted octanol–water partition coefficient (Wildman–Crippen LogP) is 10.6. The Kier molecular flexibility index (Phi) is 4.55. The lowest BCUT2D eigenvalue weighted by molar-refractivity contribution is 0.669. The highest BCUT2D eigenvalue weighted by molar-refractivity contribution is 7.26. The summed E-state index contributed by atoms with van der Waals surface area (Å²) in [5.41, 5.74) is 8.12. The van der Waals surface area contributed by atoms with Crippen molar-refractivity contribution in [1.82, 2.24) is 4.57 Å². The number of rotatable bonds is 2. The van der Waals surface area contributed by atoms with E-state index in [0.29, 0.717) is 5.56 Å². The Hall–Kier alpha value is -5.37. The molecule has 3 nitrogen and oxygen atoms in total. The molecule has 0 saturated carbocycles. The third-order valence-electron chi connectivity index (χ3n) is 8.24. The molecule has 9 aromatic rings. The molecule has 0 aliphatic heterocycles. The summed E-state index contributed by atoms with van der Waals surface area (Å²) in [6, 6.07) is 44.7. The van der Waals surface area contributed by atoms with Crippen molar-refractivity contribution in [3.05, 3.63) is 127 Å². The summed E-state index contributed by atoms with van der Waals surface area (Å²) in [6.07, 6.45) is 0. The summed E-state index contributed by atoms with van der Waals surface area (Å²) in [6.45, 7) is 0. The number of nitrogens with zero attached hydrogens (tertiary/aromatic N) is 2. The lowest BCUT2D eigenvalue weighted by Crippen LogP contribution is -1.94. The number of nitriles is 1. The largest absolute Gasteiger partial charge is 0.456 e. The maximum atomic E-state index is 9.68. The second-order valence-corrected chi connectivity index (χ2v) is 11.5. The van der Waals surface area contributed by atoms with Gasteiger partial charge in [0.25, 0.3) is 0 Å². The van der Waals surface area contributed by atoms with Crippen molar-refractivity contribution in [3.63, 3.8) is 0 Å². The maximum absolute atomic E-state index is 9.68. The molecule has 0 atom stereocenters. The number of aromatic nitrogens is 1. The highest BCUT2D eigenvalue weighted by atomic mass is 32.1. The number of furan rings is 1. The first-order chi connectivity index (χ1) is 20.3. The molecular weight excluding hydrogens is 520 g/mol. The Morgan fingerprint density at radius 3 is 2.29 bits per heavy atom. The van der Waals surface area contributed by atoms with Gasteiger partial charge in [-0.1, -0.05) is 72.8 Å². The molecule has 0 unspecified atom stereocenters. The van der Waals surface area contributed by atoms with Gasteiger partial charge in [0.05, 0.1) is 33.1 Å². The fraction of sp³-hybridized carbons (Fsp3) is 0. The Balaban J connectivity index is 1.34. The van der Waals surface area contributed by atoms with Gasteiger partial charge in [-0.15, -0.1) is 11.3 Å². The van der Waals surface area contributed by atoms with Crippen molar-refractivity contribution in [2.75, 3.05) is 0 Å². The Morgan fingerprint density at radius 1 is 0.610 bits per heavy atom. The first kappa shape index (κ1) is 22.4. The Bertz CT molecular complexity index is 2560. The molecule has 41 heavy (non-hydrogen) atoms. The fourth-order valence-corrected chi connectivity index (χ4v) is 7.68. The monoisotopic (exact) mass is 540 g/mol. The molecule has 0 aliphatic carbocycles. The zero-order valence-electron chi connectivity index (χ0n) is 21.8. The Morgan fingerprint density at radius 2 is 1.37 bits per heavy atom. The average Bonchev–Trinajstić information content (AvgIpc) is 3.69. The predicted molar refractivity (Wildman–Crippen MR) is 171 cm³/mol. The van der Waals surface area contributed by atoms with Crippen LogP contribution in [0.5, 0.6) is 0 Å². The second-order valence-electron chi connectivity index (χ2n) is 10.4. The van der Waals surface area contributed by atoms with Crippen molar-refractivity contribution in [3.8, 4) is 22.9 Å². The van der Waals surface area contributed by atoms with E-state index in [1.807, 2.05) is 35.6 Å². The van der Waals surface area contributed by atoms with Crippen LogP contribution >= 0.6 is 11.3 Å². The number of benzene rings is 6. The van der Waals surface area contributed by atoms with Crippen LogP contribution in [0.1, 0.15) is 5.56 Å². The molecule has 0 spiro atoms. The van der Waals surface area contributed by atoms with Crippen LogP contribution in [-0.4, -0.2) is 4.57 Å². The van der Waals surface area contributed by atoms with E-state index in [1.165, 1.54) is 31.1 Å². The van der Waals surface area contributed by atoms with Gasteiger partial charge in [0, 0.05) is 37.0 Å². The van der Waals surface area contributed by atoms with Crippen molar-refractivity contribution in [2.24, 2.45) is 0 Å². The summed E-state index contributed by atoms with van der Waals surface area (Å²) >= 11 is 1.82. The molecule has 3 aromatic heterocycles. The molecule has 0 saturated heterocycles. The third kappa shape index (κ3) is 3.12. The van der Waals surface area contributed by atoms with E-state index < -0.39 is 0 Å². The van der Waals surface area contributed by atoms with E-state index in [2.05, 4.69) is 108 Å². The standard InChI is InChI=1S/C37H20N2OS/c38-21-22-15-17-26-25-7-1-3-11-30(25)39(32(26)19-22)31-12-5-10-29-36-24(9-6-14-35(36)41-37(29)31)23-16-18-28-27-8-2-4-13-33(27)40-34(28)20-23/h1-20H. The first-order valence-corrected chi connectivity index (χ1v) is 14.4. The second kappa shape index (κ2) is 8.32. The minimum absolute atomic E-state index is 0.660. The van der Waals surface area contributed by atoms with E-state index in [1.54, 1.807) is 0 Å². The zero-order valence-corrected chi connectivity index (χ0v) is 22.6. The van der Waals surface area contributed by atoms with Crippen molar-refractivity contribution in [2.45, 2.75) is 0 Å². The van der Waals surface area contributed by atoms with E-state index >= 15 is 0 Å². The van der Waals surface area contributed by atoms with Gasteiger partial charge in [0.2, 0.25) is 0 Å². The van der Waals surface area contributed by atoms with Gasteiger partial charge in [-0.3, -0.25) is 0 Å². The van der Waals surface area contributed by atoms with Crippen LogP contribution in [0.25, 0.3) is 80.7 Å². The van der Waals surface area contributed by atoms with Crippen LogP contribution in [-0.2, 0) is 0 Å². The van der Waals surface area contributed by atoms with Gasteiger partial charge in [0.1, 0.15) is 11.2 Å². The SMILES string of the molecule is N#Cc1ccc2c3ccccc3n(-c3cccc4c3sc3cccc(-c5ccc6c(c5)oc5ccccc56)c34)c2c1. The molecule has 9 rings (SSSR count). The first-order valence-electron chi connectivity index (χ1n) is 13.6. The van der Waals surface area contributed by atoms with Crippen LogP contribution < -0.4 is 0 Å². The van der Waals surface area contributed by atoms with Crippen LogP contribution in [0, 0.1) is 11.3 Å². The minimum atomic E-state index is 0.660. The molecule has 4 heteroatoms. The van der Waals surface area contributed by atoms with Crippen LogP contribution in [0.4, 0.5) is 0 Å². The van der Waals surface area contributed by atoms with Crippen LogP contribution in [0.3, 0.4) is 0 Å².